The number of amides is 1. The molecule has 0 saturated carbocycles. The Morgan fingerprint density at radius 1 is 1.39 bits per heavy atom. The molecule has 0 heterocycles. The topological polar surface area (TPSA) is 92.4 Å². The predicted molar refractivity (Wildman–Crippen MR) is 69.9 cm³/mol. The van der Waals surface area contributed by atoms with Crippen molar-refractivity contribution in [1.29, 1.82) is 0 Å². The zero-order chi connectivity index (χ0) is 13.9. The minimum Gasteiger partial charge on any atom is -0.481 e. The molecule has 6 heteroatoms. The van der Waals surface area contributed by atoms with Gasteiger partial charge in [-0.1, -0.05) is 11.6 Å². The van der Waals surface area contributed by atoms with E-state index in [1.165, 1.54) is 6.07 Å². The van der Waals surface area contributed by atoms with E-state index in [2.05, 4.69) is 5.32 Å². The fourth-order valence-corrected chi connectivity index (χ4v) is 1.68. The summed E-state index contributed by atoms with van der Waals surface area (Å²) >= 11 is 5.89. The number of rotatable bonds is 5. The number of aliphatic carboxylic acids is 1. The Morgan fingerprint density at radius 2 is 2.00 bits per heavy atom. The molecule has 0 aliphatic rings. The van der Waals surface area contributed by atoms with Gasteiger partial charge in [-0.2, -0.15) is 0 Å². The number of hydrogen-bond donors (Lipinski definition) is 3. The van der Waals surface area contributed by atoms with Gasteiger partial charge in [0.25, 0.3) is 0 Å². The number of nitrogens with two attached hydrogens (primary N) is 1. The van der Waals surface area contributed by atoms with Crippen molar-refractivity contribution in [3.8, 4) is 0 Å². The van der Waals surface area contributed by atoms with Crippen LogP contribution < -0.4 is 11.1 Å². The van der Waals surface area contributed by atoms with Gasteiger partial charge < -0.3 is 16.2 Å². The minimum absolute atomic E-state index is 0.237. The minimum atomic E-state index is -0.880. The van der Waals surface area contributed by atoms with Gasteiger partial charge in [0.2, 0.25) is 5.91 Å². The highest BCUT2D eigenvalue weighted by molar-refractivity contribution is 6.34. The summed E-state index contributed by atoms with van der Waals surface area (Å²) < 4.78 is 0. The van der Waals surface area contributed by atoms with Crippen molar-refractivity contribution >= 4 is 29.2 Å². The first-order valence-corrected chi connectivity index (χ1v) is 5.79. The van der Waals surface area contributed by atoms with Crippen LogP contribution in [0.25, 0.3) is 0 Å². The number of nitrogens with one attached hydrogen (secondary N) is 1. The summed E-state index contributed by atoms with van der Waals surface area (Å²) in [7, 11) is 0. The fourth-order valence-electron chi connectivity index (χ4n) is 1.41. The van der Waals surface area contributed by atoms with Gasteiger partial charge >= 0.3 is 5.97 Å². The van der Waals surface area contributed by atoms with Crippen LogP contribution in [0.1, 0.15) is 24.2 Å². The van der Waals surface area contributed by atoms with Crippen LogP contribution in [0.3, 0.4) is 0 Å². The van der Waals surface area contributed by atoms with Gasteiger partial charge in [0, 0.05) is 11.7 Å². The fraction of sp³-hybridized carbons (Fsp3) is 0.333. The highest BCUT2D eigenvalue weighted by atomic mass is 35.5. The molecule has 0 fully saturated rings. The summed E-state index contributed by atoms with van der Waals surface area (Å²) in [5, 5.41) is 12.1. The number of carboxylic acids is 1. The normalized spacial score (nSPS) is 13.7. The number of anilines is 1. The first-order valence-electron chi connectivity index (χ1n) is 5.41. The van der Waals surface area contributed by atoms with Gasteiger partial charge in [-0.3, -0.25) is 9.59 Å². The van der Waals surface area contributed by atoms with Gasteiger partial charge in [0.05, 0.1) is 16.5 Å². The Labute approximate surface area is 110 Å². The molecule has 0 aliphatic carbocycles. The van der Waals surface area contributed by atoms with Crippen molar-refractivity contribution in [3.05, 3.63) is 28.8 Å². The average molecular weight is 271 g/mol. The van der Waals surface area contributed by atoms with Gasteiger partial charge in [0.15, 0.2) is 0 Å². The first kappa shape index (κ1) is 14.3. The zero-order valence-corrected chi connectivity index (χ0v) is 10.9. The van der Waals surface area contributed by atoms with Crippen LogP contribution in [0.15, 0.2) is 18.2 Å². The highest BCUT2D eigenvalue weighted by Gasteiger charge is 2.19. The van der Waals surface area contributed by atoms with Crippen molar-refractivity contribution in [2.24, 2.45) is 11.7 Å². The standard InChI is InChI=1S/C12H15ClN2O3/c1-6(12(17)18)7(2)15-8-3-4-9(11(14)16)10(13)5-8/h3-7,15H,1-2H3,(H2,14,16)(H,17,18). The van der Waals surface area contributed by atoms with E-state index in [-0.39, 0.29) is 16.6 Å². The predicted octanol–water partition coefficient (Wildman–Crippen LogP) is 1.96. The summed E-state index contributed by atoms with van der Waals surface area (Å²) in [4.78, 5) is 21.8. The molecule has 2 atom stereocenters. The molecule has 0 aliphatic heterocycles. The van der Waals surface area contributed by atoms with Gasteiger partial charge in [-0.15, -0.1) is 0 Å². The molecule has 0 spiro atoms. The van der Waals surface area contributed by atoms with Crippen LogP contribution in [-0.2, 0) is 4.79 Å². The lowest BCUT2D eigenvalue weighted by molar-refractivity contribution is -0.141. The highest BCUT2D eigenvalue weighted by Crippen LogP contribution is 2.22. The number of carboxylic acid groups (broad SMARTS) is 1. The third kappa shape index (κ3) is 3.37. The summed E-state index contributed by atoms with van der Waals surface area (Å²) in [5.41, 5.74) is 6.01. The largest absolute Gasteiger partial charge is 0.481 e. The Bertz CT molecular complexity index is 476. The number of carbonyl (C=O) groups is 2. The van der Waals surface area contributed by atoms with Crippen molar-refractivity contribution in [1.82, 2.24) is 0 Å². The van der Waals surface area contributed by atoms with E-state index in [4.69, 9.17) is 22.4 Å². The number of benzene rings is 1. The molecule has 4 N–H and O–H groups in total. The second kappa shape index (κ2) is 5.73. The van der Waals surface area contributed by atoms with Crippen LogP contribution in [0.4, 0.5) is 5.69 Å². The lowest BCUT2D eigenvalue weighted by Gasteiger charge is -2.19. The Balaban J connectivity index is 2.84. The SMILES string of the molecule is CC(Nc1ccc(C(N)=O)c(Cl)c1)C(C)C(=O)O. The monoisotopic (exact) mass is 270 g/mol. The molecule has 18 heavy (non-hydrogen) atoms. The second-order valence-electron chi connectivity index (χ2n) is 4.12. The molecule has 0 saturated heterocycles. The second-order valence-corrected chi connectivity index (χ2v) is 4.53. The molecular formula is C12H15ClN2O3. The van der Waals surface area contributed by atoms with Crippen molar-refractivity contribution < 1.29 is 14.7 Å². The van der Waals surface area contributed by atoms with Crippen molar-refractivity contribution in [2.45, 2.75) is 19.9 Å². The zero-order valence-electron chi connectivity index (χ0n) is 10.1. The number of primary amides is 1. The Kier molecular flexibility index (Phi) is 4.55. The molecule has 0 radical (unpaired) electrons. The third-order valence-electron chi connectivity index (χ3n) is 2.77. The maximum Gasteiger partial charge on any atom is 0.308 e. The van der Waals surface area contributed by atoms with Crippen molar-refractivity contribution in [3.63, 3.8) is 0 Å². The molecule has 1 amide bonds. The molecule has 98 valence electrons. The smallest absolute Gasteiger partial charge is 0.308 e. The maximum atomic E-state index is 11.0. The quantitative estimate of drug-likeness (QED) is 0.762. The van der Waals surface area contributed by atoms with Crippen LogP contribution >= 0.6 is 11.6 Å². The van der Waals surface area contributed by atoms with Crippen LogP contribution in [0.2, 0.25) is 5.02 Å². The van der Waals surface area contributed by atoms with Gasteiger partial charge in [-0.05, 0) is 32.0 Å². The Hall–Kier alpha value is -1.75. The average Bonchev–Trinajstić information content (AvgIpc) is 2.27. The van der Waals surface area contributed by atoms with Gasteiger partial charge in [-0.25, -0.2) is 0 Å². The van der Waals surface area contributed by atoms with E-state index in [1.807, 2.05) is 0 Å². The lowest BCUT2D eigenvalue weighted by atomic mass is 10.0. The van der Waals surface area contributed by atoms with E-state index in [0.29, 0.717) is 5.69 Å². The van der Waals surface area contributed by atoms with E-state index in [1.54, 1.807) is 26.0 Å². The Morgan fingerprint density at radius 3 is 2.44 bits per heavy atom. The van der Waals surface area contributed by atoms with E-state index >= 15 is 0 Å². The summed E-state index contributed by atoms with van der Waals surface area (Å²) in [6.45, 7) is 3.37. The molecule has 0 bridgehead atoms. The van der Waals surface area contributed by atoms with Crippen molar-refractivity contribution in [2.75, 3.05) is 5.32 Å². The summed E-state index contributed by atoms with van der Waals surface area (Å²) in [5.74, 6) is -2.02. The number of hydrogen-bond acceptors (Lipinski definition) is 3. The van der Waals surface area contributed by atoms with E-state index in [9.17, 15) is 9.59 Å². The first-order chi connectivity index (χ1) is 8.32. The van der Waals surface area contributed by atoms with Crippen LogP contribution in [0.5, 0.6) is 0 Å². The number of halogens is 1. The molecule has 0 aromatic heterocycles. The molecule has 1 aromatic carbocycles. The number of carbonyl (C=O) groups excluding carboxylic acids is 1. The summed E-state index contributed by atoms with van der Waals surface area (Å²) in [6, 6.07) is 4.42. The molecular weight excluding hydrogens is 256 g/mol. The molecule has 1 aromatic rings. The molecule has 1 rings (SSSR count). The maximum absolute atomic E-state index is 11.0. The third-order valence-corrected chi connectivity index (χ3v) is 3.08. The summed E-state index contributed by atoms with van der Waals surface area (Å²) in [6.07, 6.45) is 0. The van der Waals surface area contributed by atoms with E-state index in [0.717, 1.165) is 0 Å². The van der Waals surface area contributed by atoms with Crippen LogP contribution in [-0.4, -0.2) is 23.0 Å². The van der Waals surface area contributed by atoms with Gasteiger partial charge in [0.1, 0.15) is 0 Å². The van der Waals surface area contributed by atoms with Crippen LogP contribution in [0, 0.1) is 5.92 Å². The lowest BCUT2D eigenvalue weighted by Crippen LogP contribution is -2.29. The van der Waals surface area contributed by atoms with E-state index < -0.39 is 17.8 Å². The molecule has 5 nitrogen and oxygen atoms in total. The molecule has 2 unspecified atom stereocenters.